The average Bonchev–Trinajstić information content (AvgIpc) is 3.27. The fraction of sp³-hybridized carbons (Fsp3) is 0.250. The number of rotatable bonds is 6. The molecule has 0 aliphatic heterocycles. The third-order valence-electron chi connectivity index (χ3n) is 4.41. The summed E-state index contributed by atoms with van der Waals surface area (Å²) < 4.78 is 1.77. The van der Waals surface area contributed by atoms with Crippen molar-refractivity contribution in [1.29, 1.82) is 0 Å². The minimum atomic E-state index is -0.215. The lowest BCUT2D eigenvalue weighted by molar-refractivity contribution is 0.0945. The first-order chi connectivity index (χ1) is 12.5. The van der Waals surface area contributed by atoms with Crippen LogP contribution < -0.4 is 5.32 Å². The third kappa shape index (κ3) is 3.31. The molecule has 1 aromatic carbocycles. The van der Waals surface area contributed by atoms with Crippen LogP contribution in [-0.2, 0) is 13.0 Å². The van der Waals surface area contributed by atoms with Gasteiger partial charge in [0.25, 0.3) is 5.91 Å². The monoisotopic (exact) mass is 350 g/mol. The van der Waals surface area contributed by atoms with Crippen LogP contribution in [0.15, 0.2) is 42.7 Å². The van der Waals surface area contributed by atoms with E-state index >= 15 is 0 Å². The first-order valence-electron chi connectivity index (χ1n) is 8.61. The first kappa shape index (κ1) is 17.7. The van der Waals surface area contributed by atoms with Gasteiger partial charge in [-0.05, 0) is 43.5 Å². The summed E-state index contributed by atoms with van der Waals surface area (Å²) in [5.74, 6) is -0.244. The SMILES string of the molecule is CCc1c(C(=O)NCc2ccccc2-n2cccn2)[nH]c(C)c1C(C)=O. The Morgan fingerprint density at radius 1 is 1.23 bits per heavy atom. The molecule has 2 heterocycles. The molecule has 0 spiro atoms. The van der Waals surface area contributed by atoms with Gasteiger partial charge < -0.3 is 10.3 Å². The van der Waals surface area contributed by atoms with Gasteiger partial charge in [-0.2, -0.15) is 5.10 Å². The van der Waals surface area contributed by atoms with Crippen molar-refractivity contribution >= 4 is 11.7 Å². The predicted molar refractivity (Wildman–Crippen MR) is 99.6 cm³/mol. The van der Waals surface area contributed by atoms with Crippen LogP contribution in [0.1, 0.15) is 51.5 Å². The van der Waals surface area contributed by atoms with Crippen LogP contribution in [-0.4, -0.2) is 26.5 Å². The summed E-state index contributed by atoms with van der Waals surface area (Å²) in [6.07, 6.45) is 4.20. The second kappa shape index (κ2) is 7.39. The average molecular weight is 350 g/mol. The summed E-state index contributed by atoms with van der Waals surface area (Å²) in [6, 6.07) is 9.63. The molecule has 6 heteroatoms. The molecule has 0 bridgehead atoms. The Labute approximate surface area is 152 Å². The van der Waals surface area contributed by atoms with Gasteiger partial charge >= 0.3 is 0 Å². The Balaban J connectivity index is 1.83. The van der Waals surface area contributed by atoms with Crippen LogP contribution in [0, 0.1) is 6.92 Å². The standard InChI is InChI=1S/C20H22N4O2/c1-4-16-18(14(3)25)13(2)23-19(16)20(26)21-12-15-8-5-6-9-17(15)24-11-7-10-22-24/h5-11,23H,4,12H2,1-3H3,(H,21,26). The number of hydrogen-bond acceptors (Lipinski definition) is 3. The highest BCUT2D eigenvalue weighted by molar-refractivity contribution is 6.02. The maximum absolute atomic E-state index is 12.7. The lowest BCUT2D eigenvalue weighted by Gasteiger charge is -2.11. The molecule has 2 aromatic heterocycles. The molecule has 6 nitrogen and oxygen atoms in total. The summed E-state index contributed by atoms with van der Waals surface area (Å²) in [7, 11) is 0. The van der Waals surface area contributed by atoms with Gasteiger partial charge in [0.1, 0.15) is 5.69 Å². The smallest absolute Gasteiger partial charge is 0.268 e. The Morgan fingerprint density at radius 2 is 2.00 bits per heavy atom. The molecule has 2 N–H and O–H groups in total. The number of hydrogen-bond donors (Lipinski definition) is 2. The van der Waals surface area contributed by atoms with Crippen LogP contribution >= 0.6 is 0 Å². The molecular formula is C20H22N4O2. The predicted octanol–water partition coefficient (Wildman–Crippen LogP) is 3.20. The largest absolute Gasteiger partial charge is 0.354 e. The molecule has 134 valence electrons. The van der Waals surface area contributed by atoms with Crippen molar-refractivity contribution in [2.75, 3.05) is 0 Å². The van der Waals surface area contributed by atoms with Crippen molar-refractivity contribution in [3.8, 4) is 5.69 Å². The van der Waals surface area contributed by atoms with E-state index in [0.717, 1.165) is 22.5 Å². The van der Waals surface area contributed by atoms with Crippen molar-refractivity contribution in [2.45, 2.75) is 33.7 Å². The minimum absolute atomic E-state index is 0.0290. The summed E-state index contributed by atoms with van der Waals surface area (Å²) in [5, 5.41) is 7.20. The zero-order valence-corrected chi connectivity index (χ0v) is 15.2. The van der Waals surface area contributed by atoms with E-state index in [1.54, 1.807) is 10.9 Å². The van der Waals surface area contributed by atoms with Crippen molar-refractivity contribution in [2.24, 2.45) is 0 Å². The Hall–Kier alpha value is -3.15. The number of Topliss-reactive ketones (excluding diaryl/α,β-unsaturated/α-hetero) is 1. The number of nitrogens with zero attached hydrogens (tertiary/aromatic N) is 2. The molecule has 0 radical (unpaired) electrons. The van der Waals surface area contributed by atoms with Gasteiger partial charge in [0, 0.05) is 30.2 Å². The number of H-pyrrole nitrogens is 1. The van der Waals surface area contributed by atoms with Gasteiger partial charge in [-0.3, -0.25) is 9.59 Å². The van der Waals surface area contributed by atoms with Crippen LogP contribution in [0.5, 0.6) is 0 Å². The zero-order chi connectivity index (χ0) is 18.7. The highest BCUT2D eigenvalue weighted by Gasteiger charge is 2.21. The number of amides is 1. The molecule has 3 aromatic rings. The fourth-order valence-electron chi connectivity index (χ4n) is 3.26. The molecule has 0 aliphatic rings. The van der Waals surface area contributed by atoms with E-state index in [0.29, 0.717) is 24.2 Å². The number of benzene rings is 1. The van der Waals surface area contributed by atoms with Crippen LogP contribution in [0.3, 0.4) is 0 Å². The Kier molecular flexibility index (Phi) is 5.02. The number of aryl methyl sites for hydroxylation is 1. The van der Waals surface area contributed by atoms with Gasteiger partial charge in [-0.25, -0.2) is 4.68 Å². The summed E-state index contributed by atoms with van der Waals surface area (Å²) >= 11 is 0. The normalized spacial score (nSPS) is 10.7. The highest BCUT2D eigenvalue weighted by Crippen LogP contribution is 2.21. The van der Waals surface area contributed by atoms with E-state index in [1.165, 1.54) is 6.92 Å². The van der Waals surface area contributed by atoms with Crippen molar-refractivity contribution in [3.05, 3.63) is 70.8 Å². The van der Waals surface area contributed by atoms with Gasteiger partial charge in [0.05, 0.1) is 5.69 Å². The molecular weight excluding hydrogens is 328 g/mol. The molecule has 0 saturated carbocycles. The van der Waals surface area contributed by atoms with Crippen LogP contribution in [0.2, 0.25) is 0 Å². The number of ketones is 1. The molecule has 1 amide bonds. The van der Waals surface area contributed by atoms with Crippen LogP contribution in [0.4, 0.5) is 0 Å². The number of carbonyl (C=O) groups is 2. The molecule has 26 heavy (non-hydrogen) atoms. The van der Waals surface area contributed by atoms with E-state index < -0.39 is 0 Å². The summed E-state index contributed by atoms with van der Waals surface area (Å²) in [6.45, 7) is 5.65. The topological polar surface area (TPSA) is 79.8 Å². The number of carbonyl (C=O) groups excluding carboxylic acids is 2. The molecule has 0 fully saturated rings. The first-order valence-corrected chi connectivity index (χ1v) is 8.61. The second-order valence-electron chi connectivity index (χ2n) is 6.15. The van der Waals surface area contributed by atoms with E-state index in [2.05, 4.69) is 15.4 Å². The lowest BCUT2D eigenvalue weighted by atomic mass is 10.0. The summed E-state index contributed by atoms with van der Waals surface area (Å²) in [4.78, 5) is 27.7. The second-order valence-corrected chi connectivity index (χ2v) is 6.15. The number of para-hydroxylation sites is 1. The highest BCUT2D eigenvalue weighted by atomic mass is 16.2. The van der Waals surface area contributed by atoms with E-state index in [-0.39, 0.29) is 11.7 Å². The maximum Gasteiger partial charge on any atom is 0.268 e. The summed E-state index contributed by atoms with van der Waals surface area (Å²) in [5.41, 5.74) is 4.46. The van der Waals surface area contributed by atoms with E-state index in [4.69, 9.17) is 0 Å². The van der Waals surface area contributed by atoms with Crippen LogP contribution in [0.25, 0.3) is 5.69 Å². The Morgan fingerprint density at radius 3 is 2.65 bits per heavy atom. The van der Waals surface area contributed by atoms with Gasteiger partial charge in [0.15, 0.2) is 5.78 Å². The van der Waals surface area contributed by atoms with E-state index in [1.807, 2.05) is 50.4 Å². The lowest BCUT2D eigenvalue weighted by Crippen LogP contribution is -2.25. The number of nitrogens with one attached hydrogen (secondary N) is 2. The van der Waals surface area contributed by atoms with Gasteiger partial charge in [-0.15, -0.1) is 0 Å². The van der Waals surface area contributed by atoms with Gasteiger partial charge in [0.2, 0.25) is 0 Å². The maximum atomic E-state index is 12.7. The third-order valence-corrected chi connectivity index (χ3v) is 4.41. The Bertz CT molecular complexity index is 939. The number of aromatic nitrogens is 3. The molecule has 0 unspecified atom stereocenters. The van der Waals surface area contributed by atoms with Gasteiger partial charge in [-0.1, -0.05) is 25.1 Å². The molecule has 3 rings (SSSR count). The van der Waals surface area contributed by atoms with Crippen molar-refractivity contribution in [3.63, 3.8) is 0 Å². The minimum Gasteiger partial charge on any atom is -0.354 e. The molecule has 0 aliphatic carbocycles. The molecule has 0 saturated heterocycles. The quantitative estimate of drug-likeness (QED) is 0.670. The zero-order valence-electron chi connectivity index (χ0n) is 15.2. The fourth-order valence-corrected chi connectivity index (χ4v) is 3.26. The number of aromatic amines is 1. The molecule has 0 atom stereocenters. The van der Waals surface area contributed by atoms with E-state index in [9.17, 15) is 9.59 Å². The van der Waals surface area contributed by atoms with Crippen molar-refractivity contribution in [1.82, 2.24) is 20.1 Å². The van der Waals surface area contributed by atoms with Crippen molar-refractivity contribution < 1.29 is 9.59 Å².